The molecule has 0 saturated carbocycles. The lowest BCUT2D eigenvalue weighted by Crippen LogP contribution is -2.38. The Morgan fingerprint density at radius 2 is 1.27 bits per heavy atom. The smallest absolute Gasteiger partial charge is 0.387 e. The first-order valence-electron chi connectivity index (χ1n) is 22.0. The standard InChI is InChI=1S/C33H44N18O23P4/c1-48-10-51(26-17(48)28(56)46-33(36)44-26)29-18(52)11(3-42-47-37)12(69-29)4-67-76(59,60)73-78(63,64)74-77(61,62)68-6-14-21(22(65-2)31(71-14)49-8-40-15-23(34)38-7-39-24(15)49)72-75(57,58)66-5-13-19(53)20(54)30(70-13)50-9-41-16-25(50)43-32(35)45-27(16)55/h7-14,18-22,29-31,52-54H,3-6H2,1-2H3,(H11-,34,35,36,38,39,43,44,45,46,55,56,57,58,59,60,61,62,63,64)/p+1/t11-,12-,13-,14-,18-,19-,20-,21-,22-,29-,30-,31-/m1/s1. The molecule has 9 rings (SSSR count). The highest BCUT2D eigenvalue weighted by Gasteiger charge is 2.54. The van der Waals surface area contributed by atoms with Crippen LogP contribution in [-0.4, -0.2) is 171 Å². The van der Waals surface area contributed by atoms with E-state index >= 15 is 0 Å². The van der Waals surface area contributed by atoms with Crippen molar-refractivity contribution in [2.24, 2.45) is 18.1 Å². The zero-order valence-electron chi connectivity index (χ0n) is 39.6. The molecule has 15 N–H and O–H groups in total. The Morgan fingerprint density at radius 1 is 0.705 bits per heavy atom. The fourth-order valence-electron chi connectivity index (χ4n) is 8.73. The van der Waals surface area contributed by atoms with Crippen LogP contribution in [0.5, 0.6) is 0 Å². The fourth-order valence-corrected chi connectivity index (χ4v) is 13.2. The molecule has 3 aliphatic heterocycles. The van der Waals surface area contributed by atoms with E-state index in [4.69, 9.17) is 59.8 Å². The van der Waals surface area contributed by atoms with Gasteiger partial charge in [-0.3, -0.25) is 46.8 Å². The zero-order valence-corrected chi connectivity index (χ0v) is 43.1. The van der Waals surface area contributed by atoms with E-state index < -0.39 is 142 Å². The average Bonchev–Trinajstić information content (AvgIpc) is 4.28. The van der Waals surface area contributed by atoms with E-state index in [9.17, 15) is 62.7 Å². The van der Waals surface area contributed by atoms with Gasteiger partial charge in [0.05, 0.1) is 45.6 Å². The summed E-state index contributed by atoms with van der Waals surface area (Å²) in [6, 6.07) is 0. The van der Waals surface area contributed by atoms with Gasteiger partial charge in [-0.15, -0.1) is 0 Å². The van der Waals surface area contributed by atoms with E-state index in [2.05, 4.69) is 58.5 Å². The van der Waals surface area contributed by atoms with Crippen molar-refractivity contribution in [2.45, 2.75) is 67.5 Å². The van der Waals surface area contributed by atoms with E-state index in [1.165, 1.54) is 27.1 Å². The second kappa shape index (κ2) is 21.7. The minimum Gasteiger partial charge on any atom is -0.387 e. The van der Waals surface area contributed by atoms with Crippen LogP contribution in [0, 0.1) is 5.92 Å². The number of aliphatic hydroxyl groups is 3. The number of ether oxygens (including phenoxy) is 4. The lowest BCUT2D eigenvalue weighted by atomic mass is 9.98. The summed E-state index contributed by atoms with van der Waals surface area (Å²) in [7, 11) is -21.0. The molecule has 0 spiro atoms. The molecule has 4 unspecified atom stereocenters. The third-order valence-corrected chi connectivity index (χ3v) is 17.3. The van der Waals surface area contributed by atoms with Crippen LogP contribution in [0.3, 0.4) is 0 Å². The Labute approximate surface area is 431 Å². The van der Waals surface area contributed by atoms with Gasteiger partial charge in [0.15, 0.2) is 35.1 Å². The molecular formula is C33H45N18O23P4+. The second-order valence-corrected chi connectivity index (χ2v) is 23.1. The Morgan fingerprint density at radius 3 is 1.94 bits per heavy atom. The average molecular weight is 1190 g/mol. The summed E-state index contributed by atoms with van der Waals surface area (Å²) in [5, 5.41) is 36.4. The highest BCUT2D eigenvalue weighted by molar-refractivity contribution is 7.66. The molecule has 45 heteroatoms. The number of hydrogen-bond acceptors (Lipinski definition) is 29. The Balaban J connectivity index is 0.873. The highest BCUT2D eigenvalue weighted by atomic mass is 31.3. The number of phosphoric acid groups is 4. The molecule has 0 bridgehead atoms. The minimum absolute atomic E-state index is 0.00299. The van der Waals surface area contributed by atoms with Gasteiger partial charge in [-0.25, -0.2) is 42.8 Å². The number of anilines is 3. The van der Waals surface area contributed by atoms with Crippen molar-refractivity contribution < 1.29 is 103 Å². The molecule has 0 radical (unpaired) electrons. The summed E-state index contributed by atoms with van der Waals surface area (Å²) in [5.41, 5.74) is 24.5. The fraction of sp³-hybridized carbons (Fsp3) is 0.545. The summed E-state index contributed by atoms with van der Waals surface area (Å²) in [4.78, 5) is 98.9. The number of aromatic amines is 2. The molecule has 3 fully saturated rings. The van der Waals surface area contributed by atoms with E-state index in [0.717, 1.165) is 30.7 Å². The topological polar surface area (TPSA) is 591 Å². The Hall–Kier alpha value is -5.80. The third-order valence-electron chi connectivity index (χ3n) is 12.1. The van der Waals surface area contributed by atoms with Crippen molar-refractivity contribution >= 4 is 82.5 Å². The first-order chi connectivity index (χ1) is 36.7. The number of methoxy groups -OCH3 is 1. The maximum Gasteiger partial charge on any atom is 0.490 e. The number of nitrogens with two attached hydrogens (primary N) is 3. The van der Waals surface area contributed by atoms with Crippen LogP contribution in [0.2, 0.25) is 0 Å². The van der Waals surface area contributed by atoms with Gasteiger partial charge >= 0.3 is 36.9 Å². The van der Waals surface area contributed by atoms with Crippen LogP contribution in [0.1, 0.15) is 18.7 Å². The van der Waals surface area contributed by atoms with Gasteiger partial charge in [-0.05, 0) is 5.53 Å². The lowest BCUT2D eigenvalue weighted by molar-refractivity contribution is -0.646. The number of rotatable bonds is 21. The van der Waals surface area contributed by atoms with Gasteiger partial charge < -0.3 is 71.0 Å². The number of phosphoric ester groups is 3. The summed E-state index contributed by atoms with van der Waals surface area (Å²) in [6.45, 7) is -3.84. The Kier molecular flexibility index (Phi) is 15.8. The molecule has 6 aromatic rings. The monoisotopic (exact) mass is 1190 g/mol. The summed E-state index contributed by atoms with van der Waals surface area (Å²) in [6.07, 6.45) is -13.5. The van der Waals surface area contributed by atoms with Crippen molar-refractivity contribution in [3.8, 4) is 0 Å². The minimum atomic E-state index is -6.23. The lowest BCUT2D eigenvalue weighted by Gasteiger charge is -2.26. The number of hydrogen-bond donors (Lipinski definition) is 12. The van der Waals surface area contributed by atoms with Gasteiger partial charge in [-0.1, -0.05) is 5.11 Å². The van der Waals surface area contributed by atoms with E-state index in [1.807, 2.05) is 0 Å². The quantitative estimate of drug-likeness (QED) is 0.0111. The molecular weight excluding hydrogens is 1140 g/mol. The predicted molar refractivity (Wildman–Crippen MR) is 250 cm³/mol. The molecule has 0 aliphatic carbocycles. The molecule has 41 nitrogen and oxygen atoms in total. The summed E-state index contributed by atoms with van der Waals surface area (Å²) >= 11 is 0. The highest BCUT2D eigenvalue weighted by Crippen LogP contribution is 2.68. The number of imidazole rings is 3. The van der Waals surface area contributed by atoms with Gasteiger partial charge in [0.1, 0.15) is 54.6 Å². The first kappa shape index (κ1) is 56.9. The molecule has 9 heterocycles. The van der Waals surface area contributed by atoms with E-state index in [1.54, 1.807) is 0 Å². The number of H-pyrrole nitrogens is 2. The number of fused-ring (bicyclic) bond motifs is 3. The number of aliphatic hydroxyl groups excluding tert-OH is 3. The summed E-state index contributed by atoms with van der Waals surface area (Å²) < 4.78 is 110. The van der Waals surface area contributed by atoms with Gasteiger partial charge in [-0.2, -0.15) is 23.2 Å². The largest absolute Gasteiger partial charge is 0.490 e. The molecule has 0 amide bonds. The van der Waals surface area contributed by atoms with Gasteiger partial charge in [0.2, 0.25) is 24.5 Å². The molecule has 0 aromatic carbocycles. The molecule has 16 atom stereocenters. The van der Waals surface area contributed by atoms with Crippen LogP contribution >= 0.6 is 31.3 Å². The normalized spacial score (nSPS) is 29.6. The van der Waals surface area contributed by atoms with Crippen LogP contribution in [0.15, 0.2) is 40.0 Å². The van der Waals surface area contributed by atoms with Gasteiger partial charge in [0, 0.05) is 24.5 Å². The van der Waals surface area contributed by atoms with Crippen LogP contribution in [-0.2, 0) is 71.0 Å². The molecule has 3 aliphatic rings. The number of aromatic nitrogens is 12. The summed E-state index contributed by atoms with van der Waals surface area (Å²) in [5.74, 6) is -1.95. The molecule has 78 heavy (non-hydrogen) atoms. The zero-order chi connectivity index (χ0) is 56.4. The number of aryl methyl sites for hydroxylation is 1. The van der Waals surface area contributed by atoms with Crippen molar-refractivity contribution in [3.05, 3.63) is 56.5 Å². The van der Waals surface area contributed by atoms with Crippen LogP contribution < -0.4 is 32.9 Å². The van der Waals surface area contributed by atoms with Crippen LogP contribution in [0.4, 0.5) is 17.7 Å². The third kappa shape index (κ3) is 11.5. The maximum absolute atomic E-state index is 13.7. The SMILES string of the molecule is CO[C@@H]1[C@H](OP(=O)(O)OC[C@H]2O[C@@H](n3cnc4c(=O)[nH]c(N)nc43)[C@H](O)[C@@H]2O)[C@@H](COP(=O)(O)OP(=O)(O)OP(=O)(O)OC[C@H]2O[C@@H](n3c[n+](C)c4c(=O)[nH]c(N)nc43)[C@H](O)[C@@H]2CN=[N+]=[N-])O[C@H]1n1cnc2c(N)ncnc21. The molecule has 6 aromatic heterocycles. The number of nitrogen functional groups attached to an aromatic ring is 3. The van der Waals surface area contributed by atoms with Crippen LogP contribution in [0.25, 0.3) is 43.9 Å². The van der Waals surface area contributed by atoms with E-state index in [-0.39, 0.29) is 51.2 Å². The Bertz CT molecular complexity index is 3630. The number of azide groups is 1. The van der Waals surface area contributed by atoms with Crippen molar-refractivity contribution in [1.29, 1.82) is 0 Å². The number of nitrogens with zero attached hydrogens (tertiary/aromatic N) is 13. The number of nitrogens with one attached hydrogen (secondary N) is 2. The second-order valence-electron chi connectivity index (χ2n) is 17.1. The molecule has 424 valence electrons. The predicted octanol–water partition coefficient (Wildman–Crippen LogP) is -3.14. The molecule has 3 saturated heterocycles. The van der Waals surface area contributed by atoms with Crippen molar-refractivity contribution in [3.63, 3.8) is 0 Å². The van der Waals surface area contributed by atoms with Crippen molar-refractivity contribution in [2.75, 3.05) is 50.7 Å². The maximum atomic E-state index is 13.7. The van der Waals surface area contributed by atoms with E-state index in [0.29, 0.717) is 0 Å². The van der Waals surface area contributed by atoms with Gasteiger partial charge in [0.25, 0.3) is 16.7 Å². The first-order valence-corrected chi connectivity index (χ1v) is 28.0. The van der Waals surface area contributed by atoms with Crippen molar-refractivity contribution in [1.82, 2.24) is 53.6 Å².